The van der Waals surface area contributed by atoms with Gasteiger partial charge in [0, 0.05) is 5.69 Å². The fourth-order valence-electron chi connectivity index (χ4n) is 2.25. The molecule has 26 heavy (non-hydrogen) atoms. The molecule has 0 spiro atoms. The Bertz CT molecular complexity index is 1030. The summed E-state index contributed by atoms with van der Waals surface area (Å²) >= 11 is 1.15. The lowest BCUT2D eigenvalue weighted by Crippen LogP contribution is -1.99. The molecule has 0 bridgehead atoms. The van der Waals surface area contributed by atoms with E-state index in [2.05, 4.69) is 20.2 Å². The summed E-state index contributed by atoms with van der Waals surface area (Å²) in [4.78, 5) is 18.2. The summed E-state index contributed by atoms with van der Waals surface area (Å²) in [5.41, 5.74) is 0.670. The first-order chi connectivity index (χ1) is 12.7. The van der Waals surface area contributed by atoms with Gasteiger partial charge in [-0.05, 0) is 36.0 Å². The maximum Gasteiger partial charge on any atom is 0.305 e. The van der Waals surface area contributed by atoms with Crippen LogP contribution in [0, 0.1) is 10.1 Å². The SMILES string of the molecule is O=[N+]([O-])c1cnc(Sc2nnc(-c3ccco3)n2-c2ccccc2)nc1. The van der Waals surface area contributed by atoms with Crippen LogP contribution in [-0.4, -0.2) is 29.7 Å². The van der Waals surface area contributed by atoms with Crippen molar-refractivity contribution in [1.29, 1.82) is 0 Å². The minimum absolute atomic E-state index is 0.171. The average Bonchev–Trinajstić information content (AvgIpc) is 3.32. The molecular weight excluding hydrogens is 356 g/mol. The van der Waals surface area contributed by atoms with E-state index in [0.29, 0.717) is 21.9 Å². The minimum atomic E-state index is -0.546. The summed E-state index contributed by atoms with van der Waals surface area (Å²) in [6.07, 6.45) is 3.88. The van der Waals surface area contributed by atoms with E-state index in [1.807, 2.05) is 34.9 Å². The van der Waals surface area contributed by atoms with Gasteiger partial charge in [-0.1, -0.05) is 18.2 Å². The van der Waals surface area contributed by atoms with Gasteiger partial charge in [0.05, 0.1) is 11.2 Å². The minimum Gasteiger partial charge on any atom is -0.461 e. The van der Waals surface area contributed by atoms with Crippen LogP contribution in [0.5, 0.6) is 0 Å². The van der Waals surface area contributed by atoms with Crippen molar-refractivity contribution in [3.63, 3.8) is 0 Å². The van der Waals surface area contributed by atoms with Crippen molar-refractivity contribution in [2.75, 3.05) is 0 Å². The molecule has 3 heterocycles. The van der Waals surface area contributed by atoms with Gasteiger partial charge in [0.25, 0.3) is 0 Å². The Balaban J connectivity index is 1.75. The van der Waals surface area contributed by atoms with Crippen molar-refractivity contribution < 1.29 is 9.34 Å². The number of nitrogens with zero attached hydrogens (tertiary/aromatic N) is 6. The Morgan fingerprint density at radius 1 is 1.04 bits per heavy atom. The summed E-state index contributed by atoms with van der Waals surface area (Å²) < 4.78 is 7.26. The van der Waals surface area contributed by atoms with E-state index in [-0.39, 0.29) is 5.69 Å². The Morgan fingerprint density at radius 3 is 2.46 bits per heavy atom. The lowest BCUT2D eigenvalue weighted by molar-refractivity contribution is -0.385. The van der Waals surface area contributed by atoms with Crippen LogP contribution in [0.1, 0.15) is 0 Å². The molecule has 3 aromatic heterocycles. The van der Waals surface area contributed by atoms with Gasteiger partial charge < -0.3 is 4.42 Å². The van der Waals surface area contributed by atoms with Crippen LogP contribution in [0.3, 0.4) is 0 Å². The van der Waals surface area contributed by atoms with Crippen LogP contribution >= 0.6 is 11.8 Å². The van der Waals surface area contributed by atoms with Crippen LogP contribution < -0.4 is 0 Å². The van der Waals surface area contributed by atoms with Crippen molar-refractivity contribution in [2.24, 2.45) is 0 Å². The van der Waals surface area contributed by atoms with Crippen molar-refractivity contribution >= 4 is 17.4 Å². The lowest BCUT2D eigenvalue weighted by Gasteiger charge is -2.08. The van der Waals surface area contributed by atoms with Crippen LogP contribution in [0.2, 0.25) is 0 Å². The van der Waals surface area contributed by atoms with E-state index >= 15 is 0 Å². The number of nitro groups is 1. The molecule has 0 amide bonds. The highest BCUT2D eigenvalue weighted by Crippen LogP contribution is 2.30. The molecule has 0 saturated heterocycles. The summed E-state index contributed by atoms with van der Waals surface area (Å²) in [7, 11) is 0. The van der Waals surface area contributed by atoms with Gasteiger partial charge in [0.15, 0.2) is 10.9 Å². The standard InChI is InChI=1S/C16H10N6O3S/c23-22(24)12-9-17-15(18-10-12)26-16-20-19-14(13-7-4-8-25-13)21(16)11-5-2-1-3-6-11/h1-10H. The van der Waals surface area contributed by atoms with Crippen molar-refractivity contribution in [3.8, 4) is 17.3 Å². The largest absolute Gasteiger partial charge is 0.461 e. The molecule has 0 N–H and O–H groups in total. The fraction of sp³-hybridized carbons (Fsp3) is 0. The molecule has 4 aromatic rings. The van der Waals surface area contributed by atoms with Gasteiger partial charge in [-0.15, -0.1) is 10.2 Å². The van der Waals surface area contributed by atoms with Crippen LogP contribution in [0.15, 0.2) is 75.9 Å². The molecule has 128 valence electrons. The average molecular weight is 366 g/mol. The van der Waals surface area contributed by atoms with Crippen molar-refractivity contribution in [2.45, 2.75) is 10.3 Å². The quantitative estimate of drug-likeness (QED) is 0.300. The zero-order valence-electron chi connectivity index (χ0n) is 13.1. The Morgan fingerprint density at radius 2 is 1.81 bits per heavy atom. The molecule has 0 aliphatic heterocycles. The number of aromatic nitrogens is 5. The number of furan rings is 1. The maximum atomic E-state index is 10.7. The maximum absolute atomic E-state index is 10.7. The highest BCUT2D eigenvalue weighted by atomic mass is 32.2. The monoisotopic (exact) mass is 366 g/mol. The van der Waals surface area contributed by atoms with Gasteiger partial charge in [-0.2, -0.15) is 0 Å². The third-order valence-corrected chi connectivity index (χ3v) is 4.24. The topological polar surface area (TPSA) is 113 Å². The van der Waals surface area contributed by atoms with Crippen molar-refractivity contribution in [3.05, 3.63) is 71.2 Å². The van der Waals surface area contributed by atoms with E-state index < -0.39 is 4.92 Å². The summed E-state index contributed by atoms with van der Waals surface area (Å²) in [5, 5.41) is 20.0. The van der Waals surface area contributed by atoms with Crippen LogP contribution in [-0.2, 0) is 0 Å². The number of hydrogen-bond donors (Lipinski definition) is 0. The highest BCUT2D eigenvalue weighted by Gasteiger charge is 2.19. The van der Waals surface area contributed by atoms with E-state index in [1.54, 1.807) is 18.4 Å². The van der Waals surface area contributed by atoms with Gasteiger partial charge in [-0.3, -0.25) is 14.7 Å². The highest BCUT2D eigenvalue weighted by molar-refractivity contribution is 7.99. The Labute approximate surface area is 150 Å². The van der Waals surface area contributed by atoms with E-state index in [9.17, 15) is 10.1 Å². The number of hydrogen-bond acceptors (Lipinski definition) is 8. The normalized spacial score (nSPS) is 10.8. The van der Waals surface area contributed by atoms with Gasteiger partial charge in [0.1, 0.15) is 12.4 Å². The predicted octanol–water partition coefficient (Wildman–Crippen LogP) is 3.38. The molecule has 0 saturated carbocycles. The molecule has 9 nitrogen and oxygen atoms in total. The molecular formula is C16H10N6O3S. The molecule has 0 radical (unpaired) electrons. The second-order valence-electron chi connectivity index (χ2n) is 5.04. The first-order valence-corrected chi connectivity index (χ1v) is 8.23. The predicted molar refractivity (Wildman–Crippen MR) is 91.9 cm³/mol. The van der Waals surface area contributed by atoms with E-state index in [0.717, 1.165) is 29.8 Å². The number of rotatable bonds is 5. The summed E-state index contributed by atoms with van der Waals surface area (Å²) in [5.74, 6) is 1.10. The summed E-state index contributed by atoms with van der Waals surface area (Å²) in [6.45, 7) is 0. The first kappa shape index (κ1) is 16.0. The molecule has 10 heteroatoms. The van der Waals surface area contributed by atoms with Crippen LogP contribution in [0.4, 0.5) is 5.69 Å². The molecule has 0 aliphatic carbocycles. The Hall–Kier alpha value is -3.53. The van der Waals surface area contributed by atoms with Gasteiger partial charge in [-0.25, -0.2) is 9.97 Å². The van der Waals surface area contributed by atoms with E-state index in [1.165, 1.54) is 0 Å². The fourth-order valence-corrected chi connectivity index (χ4v) is 2.99. The third-order valence-electron chi connectivity index (χ3n) is 3.40. The van der Waals surface area contributed by atoms with Crippen LogP contribution in [0.25, 0.3) is 17.3 Å². The smallest absolute Gasteiger partial charge is 0.305 e. The van der Waals surface area contributed by atoms with Gasteiger partial charge in [0.2, 0.25) is 11.0 Å². The molecule has 1 aromatic carbocycles. The van der Waals surface area contributed by atoms with Crippen molar-refractivity contribution in [1.82, 2.24) is 24.7 Å². The second-order valence-corrected chi connectivity index (χ2v) is 5.97. The zero-order valence-corrected chi connectivity index (χ0v) is 13.9. The first-order valence-electron chi connectivity index (χ1n) is 7.41. The molecule has 0 aliphatic rings. The third kappa shape index (κ3) is 3.05. The Kier molecular flexibility index (Phi) is 4.15. The second kappa shape index (κ2) is 6.76. The van der Waals surface area contributed by atoms with E-state index in [4.69, 9.17) is 4.42 Å². The molecule has 4 rings (SSSR count). The molecule has 0 atom stereocenters. The number of benzene rings is 1. The molecule has 0 fully saturated rings. The molecule has 0 unspecified atom stereocenters. The van der Waals surface area contributed by atoms with Gasteiger partial charge >= 0.3 is 5.69 Å². The lowest BCUT2D eigenvalue weighted by atomic mass is 10.3. The zero-order chi connectivity index (χ0) is 17.9. The summed E-state index contributed by atoms with van der Waals surface area (Å²) in [6, 6.07) is 13.1. The number of para-hydroxylation sites is 1.